The number of rotatable bonds is 6. The number of nitrogens with zero attached hydrogens (tertiary/aromatic N) is 1. The monoisotopic (exact) mass is 363 g/mol. The minimum atomic E-state index is -0.140. The first kappa shape index (κ1) is 18.9. The maximum Gasteiger partial charge on any atom is 0.258 e. The average molecular weight is 363 g/mol. The number of ketones is 1. The fraction of sp³-hybridized carbons (Fsp3) is 0.273. The van der Waals surface area contributed by atoms with E-state index in [2.05, 4.69) is 27.7 Å². The van der Waals surface area contributed by atoms with Crippen molar-refractivity contribution >= 4 is 28.6 Å². The van der Waals surface area contributed by atoms with Crippen molar-refractivity contribution in [3.63, 3.8) is 0 Å². The van der Waals surface area contributed by atoms with Crippen LogP contribution in [0.4, 0.5) is 11.4 Å². The third kappa shape index (κ3) is 4.09. The van der Waals surface area contributed by atoms with E-state index in [1.165, 1.54) is 12.5 Å². The minimum Gasteiger partial charge on any atom is -0.358 e. The van der Waals surface area contributed by atoms with Crippen molar-refractivity contribution in [2.45, 2.75) is 26.8 Å². The van der Waals surface area contributed by atoms with Crippen LogP contribution in [0.5, 0.6) is 0 Å². The number of nitrogens with one attached hydrogen (secondary N) is 2. The van der Waals surface area contributed by atoms with Crippen LogP contribution in [-0.4, -0.2) is 30.7 Å². The molecule has 0 aliphatic carbocycles. The highest BCUT2D eigenvalue weighted by Crippen LogP contribution is 2.35. The molecule has 27 heavy (non-hydrogen) atoms. The quantitative estimate of drug-likeness (QED) is 0.598. The number of carbonyl (C=O) groups excluding carboxylic acids is 2. The van der Waals surface area contributed by atoms with E-state index >= 15 is 0 Å². The van der Waals surface area contributed by atoms with Crippen LogP contribution in [0.2, 0.25) is 0 Å². The molecule has 0 saturated carbocycles. The van der Waals surface area contributed by atoms with E-state index in [-0.39, 0.29) is 11.7 Å². The summed E-state index contributed by atoms with van der Waals surface area (Å²) < 4.78 is 0. The van der Waals surface area contributed by atoms with E-state index in [4.69, 9.17) is 0 Å². The topological polar surface area (TPSA) is 61.4 Å². The summed E-state index contributed by atoms with van der Waals surface area (Å²) in [6, 6.07) is 13.5. The lowest BCUT2D eigenvalue weighted by atomic mass is 10.00. The highest BCUT2D eigenvalue weighted by molar-refractivity contribution is 6.32. The Morgan fingerprint density at radius 1 is 1.11 bits per heavy atom. The summed E-state index contributed by atoms with van der Waals surface area (Å²) in [7, 11) is 4.08. The first-order chi connectivity index (χ1) is 12.9. The molecule has 0 saturated heterocycles. The van der Waals surface area contributed by atoms with Crippen LogP contribution in [0.25, 0.3) is 5.57 Å². The number of hydrogen-bond donors (Lipinski definition) is 2. The molecule has 0 fully saturated rings. The molecule has 2 N–H and O–H groups in total. The van der Waals surface area contributed by atoms with Crippen molar-refractivity contribution in [3.05, 3.63) is 64.9 Å². The smallest absolute Gasteiger partial charge is 0.258 e. The van der Waals surface area contributed by atoms with Crippen molar-refractivity contribution in [2.75, 3.05) is 24.7 Å². The van der Waals surface area contributed by atoms with Crippen molar-refractivity contribution in [3.8, 4) is 0 Å². The number of hydrogen-bond acceptors (Lipinski definition) is 4. The lowest BCUT2D eigenvalue weighted by molar-refractivity contribution is -0.110. The number of benzene rings is 2. The number of anilines is 2. The SMILES string of the molecule is CC/C(Nc1ccc(CN(C)C)cc1)=C1\C(=O)Nc2ccc(C(C)=O)cc21. The molecule has 2 aromatic rings. The molecule has 0 aromatic heterocycles. The Morgan fingerprint density at radius 3 is 2.41 bits per heavy atom. The van der Waals surface area contributed by atoms with E-state index < -0.39 is 0 Å². The molecule has 3 rings (SSSR count). The first-order valence-corrected chi connectivity index (χ1v) is 9.09. The highest BCUT2D eigenvalue weighted by atomic mass is 16.2. The molecule has 0 atom stereocenters. The Bertz CT molecular complexity index is 912. The van der Waals surface area contributed by atoms with Crippen molar-refractivity contribution in [2.24, 2.45) is 0 Å². The van der Waals surface area contributed by atoms with Crippen LogP contribution in [0.15, 0.2) is 48.2 Å². The van der Waals surface area contributed by atoms with E-state index in [9.17, 15) is 9.59 Å². The van der Waals surface area contributed by atoms with Gasteiger partial charge >= 0.3 is 0 Å². The van der Waals surface area contributed by atoms with Gasteiger partial charge in [0.25, 0.3) is 5.91 Å². The van der Waals surface area contributed by atoms with E-state index in [1.807, 2.05) is 33.2 Å². The molecule has 5 nitrogen and oxygen atoms in total. The third-order valence-electron chi connectivity index (χ3n) is 4.57. The molecular weight excluding hydrogens is 338 g/mol. The van der Waals surface area contributed by atoms with Crippen molar-refractivity contribution in [1.82, 2.24) is 4.90 Å². The molecule has 0 spiro atoms. The lowest BCUT2D eigenvalue weighted by Crippen LogP contribution is -2.11. The minimum absolute atomic E-state index is 0.0148. The molecule has 1 aliphatic heterocycles. The maximum atomic E-state index is 12.6. The summed E-state index contributed by atoms with van der Waals surface area (Å²) in [4.78, 5) is 26.4. The molecule has 140 valence electrons. The lowest BCUT2D eigenvalue weighted by Gasteiger charge is -2.14. The fourth-order valence-corrected chi connectivity index (χ4v) is 3.25. The molecule has 0 unspecified atom stereocenters. The number of carbonyl (C=O) groups is 2. The first-order valence-electron chi connectivity index (χ1n) is 9.09. The normalized spacial score (nSPS) is 14.8. The Morgan fingerprint density at radius 2 is 1.81 bits per heavy atom. The van der Waals surface area contributed by atoms with Crippen LogP contribution in [0, 0.1) is 0 Å². The number of allylic oxidation sites excluding steroid dienone is 1. The zero-order valence-corrected chi connectivity index (χ0v) is 16.2. The largest absolute Gasteiger partial charge is 0.358 e. The van der Waals surface area contributed by atoms with Gasteiger partial charge in [-0.05, 0) is 63.3 Å². The van der Waals surface area contributed by atoms with E-state index in [0.717, 1.165) is 29.2 Å². The number of fused-ring (bicyclic) bond motifs is 1. The molecular formula is C22H25N3O2. The van der Waals surface area contributed by atoms with Gasteiger partial charge in [-0.25, -0.2) is 0 Å². The van der Waals surface area contributed by atoms with Gasteiger partial charge in [-0.1, -0.05) is 19.1 Å². The maximum absolute atomic E-state index is 12.6. The van der Waals surface area contributed by atoms with Gasteiger partial charge in [0.2, 0.25) is 0 Å². The van der Waals surface area contributed by atoms with Gasteiger partial charge in [0.05, 0.1) is 5.57 Å². The summed E-state index contributed by atoms with van der Waals surface area (Å²) in [5.74, 6) is -0.154. The van der Waals surface area contributed by atoms with Gasteiger partial charge in [-0.3, -0.25) is 9.59 Å². The highest BCUT2D eigenvalue weighted by Gasteiger charge is 2.27. The van der Waals surface area contributed by atoms with Crippen LogP contribution >= 0.6 is 0 Å². The Balaban J connectivity index is 1.95. The molecule has 5 heteroatoms. The summed E-state index contributed by atoms with van der Waals surface area (Å²) >= 11 is 0. The molecule has 1 aliphatic rings. The molecule has 2 aromatic carbocycles. The second-order valence-corrected chi connectivity index (χ2v) is 7.04. The van der Waals surface area contributed by atoms with E-state index in [1.54, 1.807) is 18.2 Å². The Labute approximate surface area is 160 Å². The van der Waals surface area contributed by atoms with Crippen LogP contribution in [0.3, 0.4) is 0 Å². The van der Waals surface area contributed by atoms with Crippen LogP contribution in [0.1, 0.15) is 41.8 Å². The summed E-state index contributed by atoms with van der Waals surface area (Å²) in [5, 5.41) is 6.28. The van der Waals surface area contributed by atoms with Gasteiger partial charge in [-0.2, -0.15) is 0 Å². The molecule has 0 radical (unpaired) electrons. The summed E-state index contributed by atoms with van der Waals surface area (Å²) in [6.45, 7) is 4.42. The molecule has 1 amide bonds. The second kappa shape index (κ2) is 7.76. The molecule has 0 bridgehead atoms. The molecule has 1 heterocycles. The standard InChI is InChI=1S/C22H25N3O2/c1-5-19(23-17-9-6-15(7-10-17)13-25(3)4)21-18-12-16(14(2)26)8-11-20(18)24-22(21)27/h6-12,23H,5,13H2,1-4H3,(H,24,27)/b21-19+. The predicted octanol–water partition coefficient (Wildman–Crippen LogP) is 4.14. The summed E-state index contributed by atoms with van der Waals surface area (Å²) in [5.41, 5.74) is 5.74. The number of Topliss-reactive ketones (excluding diaryl/α,β-unsaturated/α-hetero) is 1. The van der Waals surface area contributed by atoms with E-state index in [0.29, 0.717) is 17.6 Å². The predicted molar refractivity (Wildman–Crippen MR) is 110 cm³/mol. The fourth-order valence-electron chi connectivity index (χ4n) is 3.25. The van der Waals surface area contributed by atoms with Gasteiger partial charge < -0.3 is 15.5 Å². The second-order valence-electron chi connectivity index (χ2n) is 7.04. The van der Waals surface area contributed by atoms with Crippen LogP contribution < -0.4 is 10.6 Å². The number of amides is 1. The zero-order chi connectivity index (χ0) is 19.6. The van der Waals surface area contributed by atoms with Gasteiger partial charge in [0.15, 0.2) is 5.78 Å². The van der Waals surface area contributed by atoms with Gasteiger partial charge in [-0.15, -0.1) is 0 Å². The van der Waals surface area contributed by atoms with Crippen molar-refractivity contribution in [1.29, 1.82) is 0 Å². The average Bonchev–Trinajstić information content (AvgIpc) is 2.95. The third-order valence-corrected chi connectivity index (χ3v) is 4.57. The summed E-state index contributed by atoms with van der Waals surface area (Å²) in [6.07, 6.45) is 0.673. The van der Waals surface area contributed by atoms with Crippen LogP contribution in [-0.2, 0) is 11.3 Å². The Hall–Kier alpha value is -2.92. The Kier molecular flexibility index (Phi) is 5.42. The van der Waals surface area contributed by atoms with Crippen molar-refractivity contribution < 1.29 is 9.59 Å². The van der Waals surface area contributed by atoms with Gasteiger partial charge in [0.1, 0.15) is 0 Å². The van der Waals surface area contributed by atoms with Gasteiger partial charge in [0, 0.05) is 34.7 Å². The zero-order valence-electron chi connectivity index (χ0n) is 16.2.